The molecule has 0 spiro atoms. The summed E-state index contributed by atoms with van der Waals surface area (Å²) in [5.41, 5.74) is 0.440. The van der Waals surface area contributed by atoms with Crippen LogP contribution in [-0.2, 0) is 0 Å². The van der Waals surface area contributed by atoms with Gasteiger partial charge in [-0.2, -0.15) is 0 Å². The number of aromatic nitrogens is 2. The second-order valence-electron chi connectivity index (χ2n) is 5.03. The molecule has 0 aliphatic carbocycles. The number of anilines is 1. The number of nitrogens with zero attached hydrogens (tertiary/aromatic N) is 3. The van der Waals surface area contributed by atoms with Crippen LogP contribution in [0.15, 0.2) is 12.1 Å². The summed E-state index contributed by atoms with van der Waals surface area (Å²) < 4.78 is 0. The van der Waals surface area contributed by atoms with Crippen molar-refractivity contribution >= 4 is 11.7 Å². The summed E-state index contributed by atoms with van der Waals surface area (Å²) in [6.45, 7) is 5.74. The van der Waals surface area contributed by atoms with E-state index in [1.807, 2.05) is 17.9 Å². The number of hydrogen-bond donors (Lipinski definition) is 1. The molecule has 1 unspecified atom stereocenters. The monoisotopic (exact) mass is 262 g/mol. The predicted octanol–water partition coefficient (Wildman–Crippen LogP) is 2.31. The van der Waals surface area contributed by atoms with Crippen molar-refractivity contribution in [2.75, 3.05) is 18.4 Å². The van der Waals surface area contributed by atoms with Crippen LogP contribution in [0.3, 0.4) is 0 Å². The number of carbonyl (C=O) groups excluding carboxylic acids is 1. The zero-order valence-corrected chi connectivity index (χ0v) is 11.7. The van der Waals surface area contributed by atoms with Crippen molar-refractivity contribution in [3.8, 4) is 0 Å². The van der Waals surface area contributed by atoms with Gasteiger partial charge in [-0.1, -0.05) is 12.8 Å². The first-order valence-electron chi connectivity index (χ1n) is 7.11. The number of hydrogen-bond acceptors (Lipinski definition) is 4. The largest absolute Gasteiger partial charge is 0.369 e. The highest BCUT2D eigenvalue weighted by Gasteiger charge is 2.24. The lowest BCUT2D eigenvalue weighted by Gasteiger charge is -2.26. The van der Waals surface area contributed by atoms with E-state index in [1.165, 1.54) is 12.8 Å². The summed E-state index contributed by atoms with van der Waals surface area (Å²) in [7, 11) is 0. The Morgan fingerprint density at radius 3 is 2.89 bits per heavy atom. The SMILES string of the molecule is CCNc1ccc(C(=O)N2CCCCCC2C)nn1. The Morgan fingerprint density at radius 1 is 1.37 bits per heavy atom. The Kier molecular flexibility index (Phi) is 4.71. The second-order valence-corrected chi connectivity index (χ2v) is 5.03. The van der Waals surface area contributed by atoms with E-state index in [-0.39, 0.29) is 5.91 Å². The van der Waals surface area contributed by atoms with E-state index in [0.717, 1.165) is 25.9 Å². The molecule has 2 rings (SSSR count). The highest BCUT2D eigenvalue weighted by Crippen LogP contribution is 2.18. The number of carbonyl (C=O) groups is 1. The Labute approximate surface area is 114 Å². The molecule has 0 aromatic carbocycles. The van der Waals surface area contributed by atoms with Gasteiger partial charge >= 0.3 is 0 Å². The molecule has 1 saturated heterocycles. The fourth-order valence-electron chi connectivity index (χ4n) is 2.45. The Balaban J connectivity index is 2.09. The fraction of sp³-hybridized carbons (Fsp3) is 0.643. The predicted molar refractivity (Wildman–Crippen MR) is 75.2 cm³/mol. The van der Waals surface area contributed by atoms with Crippen LogP contribution in [0.5, 0.6) is 0 Å². The molecule has 1 aliphatic rings. The molecule has 1 aromatic rings. The van der Waals surface area contributed by atoms with Crippen LogP contribution >= 0.6 is 0 Å². The zero-order valence-electron chi connectivity index (χ0n) is 11.7. The molecule has 5 heteroatoms. The van der Waals surface area contributed by atoms with Gasteiger partial charge in [-0.25, -0.2) is 0 Å². The summed E-state index contributed by atoms with van der Waals surface area (Å²) in [5, 5.41) is 11.1. The van der Waals surface area contributed by atoms with Crippen molar-refractivity contribution in [2.24, 2.45) is 0 Å². The maximum atomic E-state index is 12.4. The van der Waals surface area contributed by atoms with E-state index in [2.05, 4.69) is 22.4 Å². The molecule has 1 aromatic heterocycles. The molecule has 0 bridgehead atoms. The molecular weight excluding hydrogens is 240 g/mol. The standard InChI is InChI=1S/C14H22N4O/c1-3-15-13-9-8-12(16-17-13)14(19)18-10-6-4-5-7-11(18)2/h8-9,11H,3-7,10H2,1-2H3,(H,15,17). The van der Waals surface area contributed by atoms with Crippen LogP contribution in [0.2, 0.25) is 0 Å². The van der Waals surface area contributed by atoms with Gasteiger partial charge in [0.05, 0.1) is 0 Å². The number of likely N-dealkylation sites (tertiary alicyclic amines) is 1. The topological polar surface area (TPSA) is 58.1 Å². The van der Waals surface area contributed by atoms with E-state index >= 15 is 0 Å². The highest BCUT2D eigenvalue weighted by molar-refractivity contribution is 5.92. The van der Waals surface area contributed by atoms with Gasteiger partial charge in [0.2, 0.25) is 0 Å². The van der Waals surface area contributed by atoms with Gasteiger partial charge < -0.3 is 10.2 Å². The van der Waals surface area contributed by atoms with E-state index in [0.29, 0.717) is 17.6 Å². The first kappa shape index (κ1) is 13.8. The minimum absolute atomic E-state index is 0.00458. The minimum atomic E-state index is 0.00458. The first-order chi connectivity index (χ1) is 9.22. The normalized spacial score (nSPS) is 19.9. The summed E-state index contributed by atoms with van der Waals surface area (Å²) in [5.74, 6) is 0.716. The molecule has 1 aliphatic heterocycles. The fourth-order valence-corrected chi connectivity index (χ4v) is 2.45. The van der Waals surface area contributed by atoms with Crippen LogP contribution in [0.4, 0.5) is 5.82 Å². The van der Waals surface area contributed by atoms with E-state index < -0.39 is 0 Å². The Bertz CT molecular complexity index is 418. The van der Waals surface area contributed by atoms with Crippen molar-refractivity contribution in [1.82, 2.24) is 15.1 Å². The molecule has 19 heavy (non-hydrogen) atoms. The molecule has 0 saturated carbocycles. The van der Waals surface area contributed by atoms with Crippen LogP contribution in [0.25, 0.3) is 0 Å². The molecule has 1 amide bonds. The number of rotatable bonds is 3. The summed E-state index contributed by atoms with van der Waals surface area (Å²) in [6.07, 6.45) is 4.57. The zero-order chi connectivity index (χ0) is 13.7. The smallest absolute Gasteiger partial charge is 0.274 e. The van der Waals surface area contributed by atoms with Gasteiger partial charge in [-0.15, -0.1) is 10.2 Å². The molecule has 104 valence electrons. The average molecular weight is 262 g/mol. The molecule has 1 atom stereocenters. The molecule has 1 N–H and O–H groups in total. The van der Waals surface area contributed by atoms with Gasteiger partial charge in [-0.3, -0.25) is 4.79 Å². The lowest BCUT2D eigenvalue weighted by atomic mass is 10.1. The summed E-state index contributed by atoms with van der Waals surface area (Å²) in [4.78, 5) is 14.4. The van der Waals surface area contributed by atoms with Gasteiger partial charge in [0.1, 0.15) is 5.82 Å². The quantitative estimate of drug-likeness (QED) is 0.908. The lowest BCUT2D eigenvalue weighted by Crippen LogP contribution is -2.38. The molecule has 1 fully saturated rings. The number of amides is 1. The minimum Gasteiger partial charge on any atom is -0.369 e. The Hall–Kier alpha value is -1.65. The van der Waals surface area contributed by atoms with E-state index in [4.69, 9.17) is 0 Å². The lowest BCUT2D eigenvalue weighted by molar-refractivity contribution is 0.0690. The summed E-state index contributed by atoms with van der Waals surface area (Å²) >= 11 is 0. The van der Waals surface area contributed by atoms with Gasteiger partial charge in [-0.05, 0) is 38.8 Å². The van der Waals surface area contributed by atoms with Gasteiger partial charge in [0.25, 0.3) is 5.91 Å². The highest BCUT2D eigenvalue weighted by atomic mass is 16.2. The molecule has 2 heterocycles. The maximum absolute atomic E-state index is 12.4. The molecular formula is C14H22N4O. The molecule has 5 nitrogen and oxygen atoms in total. The van der Waals surface area contributed by atoms with Crippen molar-refractivity contribution < 1.29 is 4.79 Å². The van der Waals surface area contributed by atoms with Crippen molar-refractivity contribution in [2.45, 2.75) is 45.6 Å². The molecule has 0 radical (unpaired) electrons. The van der Waals surface area contributed by atoms with Crippen LogP contribution < -0.4 is 5.32 Å². The van der Waals surface area contributed by atoms with Crippen LogP contribution in [0.1, 0.15) is 50.0 Å². The first-order valence-corrected chi connectivity index (χ1v) is 7.11. The van der Waals surface area contributed by atoms with Crippen molar-refractivity contribution in [3.63, 3.8) is 0 Å². The average Bonchev–Trinajstić information content (AvgIpc) is 2.64. The van der Waals surface area contributed by atoms with Gasteiger partial charge in [0, 0.05) is 19.1 Å². The third kappa shape index (κ3) is 3.43. The Morgan fingerprint density at radius 2 is 2.21 bits per heavy atom. The second kappa shape index (κ2) is 6.50. The van der Waals surface area contributed by atoms with Crippen molar-refractivity contribution in [3.05, 3.63) is 17.8 Å². The van der Waals surface area contributed by atoms with E-state index in [1.54, 1.807) is 6.07 Å². The van der Waals surface area contributed by atoms with Crippen LogP contribution in [-0.4, -0.2) is 40.1 Å². The number of nitrogens with one attached hydrogen (secondary N) is 1. The maximum Gasteiger partial charge on any atom is 0.274 e. The third-order valence-electron chi connectivity index (χ3n) is 3.56. The van der Waals surface area contributed by atoms with Gasteiger partial charge in [0.15, 0.2) is 5.69 Å². The van der Waals surface area contributed by atoms with Crippen molar-refractivity contribution in [1.29, 1.82) is 0 Å². The van der Waals surface area contributed by atoms with E-state index in [9.17, 15) is 4.79 Å². The van der Waals surface area contributed by atoms with Crippen LogP contribution in [0, 0.1) is 0 Å². The third-order valence-corrected chi connectivity index (χ3v) is 3.56. The summed E-state index contributed by atoms with van der Waals surface area (Å²) in [6, 6.07) is 3.86.